The number of aliphatic carboxylic acids is 1. The van der Waals surface area contributed by atoms with Gasteiger partial charge in [0, 0.05) is 25.2 Å². The lowest BCUT2D eigenvalue weighted by Gasteiger charge is -2.34. The van der Waals surface area contributed by atoms with E-state index in [-0.39, 0.29) is 24.7 Å². The fraction of sp³-hybridized carbons (Fsp3) is 0.857. The van der Waals surface area contributed by atoms with E-state index in [9.17, 15) is 9.59 Å². The molecule has 0 spiro atoms. The monoisotopic (exact) mass is 286 g/mol. The summed E-state index contributed by atoms with van der Waals surface area (Å²) in [6.45, 7) is 10.7. The summed E-state index contributed by atoms with van der Waals surface area (Å²) in [6.07, 6.45) is 0.458. The van der Waals surface area contributed by atoms with Crippen molar-refractivity contribution in [2.45, 2.75) is 58.7 Å². The van der Waals surface area contributed by atoms with Crippen LogP contribution in [-0.4, -0.2) is 64.3 Å². The molecule has 0 unspecified atom stereocenters. The third-order valence-corrected chi connectivity index (χ3v) is 3.16. The summed E-state index contributed by atoms with van der Waals surface area (Å²) in [6, 6.07) is 0.0452. The number of rotatable bonds is 4. The molecule has 0 radical (unpaired) electrons. The maximum atomic E-state index is 12.3. The Morgan fingerprint density at radius 3 is 2.45 bits per heavy atom. The highest BCUT2D eigenvalue weighted by molar-refractivity contribution is 5.70. The van der Waals surface area contributed by atoms with Crippen LogP contribution >= 0.6 is 0 Å². The molecule has 6 nitrogen and oxygen atoms in total. The summed E-state index contributed by atoms with van der Waals surface area (Å²) in [4.78, 5) is 26.6. The molecule has 1 aliphatic rings. The molecule has 0 aromatic rings. The fourth-order valence-electron chi connectivity index (χ4n) is 2.47. The molecule has 1 saturated heterocycles. The normalized spacial score (nSPS) is 20.2. The van der Waals surface area contributed by atoms with Gasteiger partial charge < -0.3 is 14.7 Å². The Bertz CT molecular complexity index is 363. The minimum absolute atomic E-state index is 0.0178. The summed E-state index contributed by atoms with van der Waals surface area (Å²) >= 11 is 0. The molecule has 1 N–H and O–H groups in total. The number of carboxylic acid groups (broad SMARTS) is 1. The molecule has 6 heteroatoms. The summed E-state index contributed by atoms with van der Waals surface area (Å²) in [7, 11) is 0. The van der Waals surface area contributed by atoms with Crippen molar-refractivity contribution in [2.24, 2.45) is 0 Å². The second-order valence-corrected chi connectivity index (χ2v) is 6.55. The Balaban J connectivity index is 2.68. The van der Waals surface area contributed by atoms with Crippen molar-refractivity contribution in [3.8, 4) is 0 Å². The number of nitrogens with zero attached hydrogens (tertiary/aromatic N) is 2. The molecule has 1 atom stereocenters. The van der Waals surface area contributed by atoms with Crippen LogP contribution in [0, 0.1) is 0 Å². The van der Waals surface area contributed by atoms with Gasteiger partial charge in [0.05, 0.1) is 6.54 Å². The second kappa shape index (κ2) is 6.43. The Morgan fingerprint density at radius 2 is 2.00 bits per heavy atom. The van der Waals surface area contributed by atoms with Crippen LogP contribution in [0.25, 0.3) is 0 Å². The molecule has 0 aromatic heterocycles. The molecule has 1 heterocycles. The molecule has 0 aliphatic carbocycles. The van der Waals surface area contributed by atoms with E-state index in [2.05, 4.69) is 0 Å². The van der Waals surface area contributed by atoms with E-state index in [1.165, 1.54) is 0 Å². The largest absolute Gasteiger partial charge is 0.480 e. The number of carbonyl (C=O) groups is 2. The molecule has 1 fully saturated rings. The predicted octanol–water partition coefficient (Wildman–Crippen LogP) is 1.79. The predicted molar refractivity (Wildman–Crippen MR) is 75.7 cm³/mol. The molecule has 1 aliphatic heterocycles. The van der Waals surface area contributed by atoms with Crippen molar-refractivity contribution in [2.75, 3.05) is 19.6 Å². The Hall–Kier alpha value is -1.30. The first-order chi connectivity index (χ1) is 9.10. The van der Waals surface area contributed by atoms with Gasteiger partial charge in [-0.25, -0.2) is 4.79 Å². The smallest absolute Gasteiger partial charge is 0.410 e. The van der Waals surface area contributed by atoms with Crippen LogP contribution in [0.4, 0.5) is 4.79 Å². The van der Waals surface area contributed by atoms with Gasteiger partial charge in [-0.3, -0.25) is 9.69 Å². The molecular formula is C14H26N2O4. The third kappa shape index (κ3) is 5.00. The van der Waals surface area contributed by atoms with E-state index in [0.29, 0.717) is 13.1 Å². The van der Waals surface area contributed by atoms with E-state index in [1.807, 2.05) is 39.5 Å². The van der Waals surface area contributed by atoms with Crippen LogP contribution in [0.15, 0.2) is 0 Å². The lowest BCUT2D eigenvalue weighted by Crippen LogP contribution is -2.48. The van der Waals surface area contributed by atoms with Crippen molar-refractivity contribution in [3.63, 3.8) is 0 Å². The molecule has 1 amide bonds. The van der Waals surface area contributed by atoms with Crippen molar-refractivity contribution in [1.29, 1.82) is 0 Å². The first-order valence-corrected chi connectivity index (χ1v) is 7.05. The van der Waals surface area contributed by atoms with E-state index in [0.717, 1.165) is 6.42 Å². The molecule has 0 aromatic carbocycles. The van der Waals surface area contributed by atoms with Gasteiger partial charge in [0.2, 0.25) is 0 Å². The lowest BCUT2D eigenvalue weighted by atomic mass is 10.2. The second-order valence-electron chi connectivity index (χ2n) is 6.55. The summed E-state index contributed by atoms with van der Waals surface area (Å²) in [5, 5.41) is 8.82. The van der Waals surface area contributed by atoms with Crippen LogP contribution in [-0.2, 0) is 9.53 Å². The number of likely N-dealkylation sites (tertiary alicyclic amines) is 1. The topological polar surface area (TPSA) is 70.1 Å². The van der Waals surface area contributed by atoms with Gasteiger partial charge >= 0.3 is 12.1 Å². The Labute approximate surface area is 120 Å². The van der Waals surface area contributed by atoms with Gasteiger partial charge in [0.25, 0.3) is 0 Å². The van der Waals surface area contributed by atoms with Crippen molar-refractivity contribution in [3.05, 3.63) is 0 Å². The highest BCUT2D eigenvalue weighted by atomic mass is 16.6. The summed E-state index contributed by atoms with van der Waals surface area (Å²) < 4.78 is 5.44. The SMILES string of the molecule is CC(C)N(C(=O)OC(C)(C)C)[C@@H]1CCN(CC(=O)O)C1. The van der Waals surface area contributed by atoms with Gasteiger partial charge in [-0.1, -0.05) is 0 Å². The van der Waals surface area contributed by atoms with Crippen LogP contribution in [0.5, 0.6) is 0 Å². The van der Waals surface area contributed by atoms with Gasteiger partial charge in [-0.2, -0.15) is 0 Å². The van der Waals surface area contributed by atoms with Gasteiger partial charge in [0.15, 0.2) is 0 Å². The highest BCUT2D eigenvalue weighted by Crippen LogP contribution is 2.21. The minimum atomic E-state index is -0.834. The van der Waals surface area contributed by atoms with Crippen LogP contribution in [0.3, 0.4) is 0 Å². The average molecular weight is 286 g/mol. The van der Waals surface area contributed by atoms with Crippen LogP contribution in [0.2, 0.25) is 0 Å². The number of hydrogen-bond donors (Lipinski definition) is 1. The van der Waals surface area contributed by atoms with Crippen molar-refractivity contribution < 1.29 is 19.4 Å². The first-order valence-electron chi connectivity index (χ1n) is 7.05. The van der Waals surface area contributed by atoms with Gasteiger partial charge in [-0.15, -0.1) is 0 Å². The average Bonchev–Trinajstić information content (AvgIpc) is 2.61. The molecule has 116 valence electrons. The number of hydrogen-bond acceptors (Lipinski definition) is 4. The molecule has 0 saturated carbocycles. The maximum absolute atomic E-state index is 12.3. The standard InChI is InChI=1S/C14H26N2O4/c1-10(2)16(13(19)20-14(3,4)5)11-6-7-15(8-11)9-12(17)18/h10-11H,6-9H2,1-5H3,(H,17,18)/t11-/m1/s1. The van der Waals surface area contributed by atoms with Gasteiger partial charge in [-0.05, 0) is 41.0 Å². The Kier molecular flexibility index (Phi) is 5.39. The van der Waals surface area contributed by atoms with E-state index in [1.54, 1.807) is 4.90 Å². The Morgan fingerprint density at radius 1 is 1.40 bits per heavy atom. The molecule has 0 bridgehead atoms. The van der Waals surface area contributed by atoms with Crippen LogP contribution in [0.1, 0.15) is 41.0 Å². The minimum Gasteiger partial charge on any atom is -0.480 e. The zero-order valence-electron chi connectivity index (χ0n) is 13.0. The number of carbonyl (C=O) groups excluding carboxylic acids is 1. The summed E-state index contributed by atoms with van der Waals surface area (Å²) in [5.74, 6) is -0.834. The van der Waals surface area contributed by atoms with E-state index < -0.39 is 11.6 Å². The van der Waals surface area contributed by atoms with Crippen LogP contribution < -0.4 is 0 Å². The summed E-state index contributed by atoms with van der Waals surface area (Å²) in [5.41, 5.74) is -0.524. The zero-order chi connectivity index (χ0) is 15.5. The van der Waals surface area contributed by atoms with Gasteiger partial charge in [0.1, 0.15) is 5.60 Å². The maximum Gasteiger partial charge on any atom is 0.410 e. The number of ether oxygens (including phenoxy) is 1. The fourth-order valence-corrected chi connectivity index (χ4v) is 2.47. The zero-order valence-corrected chi connectivity index (χ0v) is 13.0. The third-order valence-electron chi connectivity index (χ3n) is 3.16. The molecule has 1 rings (SSSR count). The molecule has 20 heavy (non-hydrogen) atoms. The first kappa shape index (κ1) is 16.8. The number of carboxylic acids is 1. The van der Waals surface area contributed by atoms with E-state index >= 15 is 0 Å². The number of amides is 1. The molecular weight excluding hydrogens is 260 g/mol. The van der Waals surface area contributed by atoms with E-state index in [4.69, 9.17) is 9.84 Å². The quantitative estimate of drug-likeness (QED) is 0.853. The van der Waals surface area contributed by atoms with Crippen molar-refractivity contribution in [1.82, 2.24) is 9.80 Å². The lowest BCUT2D eigenvalue weighted by molar-refractivity contribution is -0.138. The van der Waals surface area contributed by atoms with Crippen molar-refractivity contribution >= 4 is 12.1 Å². The highest BCUT2D eigenvalue weighted by Gasteiger charge is 2.35.